The number of halogens is 1. The highest BCUT2D eigenvalue weighted by Gasteiger charge is 2.13. The van der Waals surface area contributed by atoms with Crippen LogP contribution in [0.3, 0.4) is 0 Å². The summed E-state index contributed by atoms with van der Waals surface area (Å²) < 4.78 is 12.4. The number of anilines is 1. The number of ether oxygens (including phenoxy) is 2. The van der Waals surface area contributed by atoms with Gasteiger partial charge in [0.05, 0.1) is 6.10 Å². The largest absolute Gasteiger partial charge is 0.490 e. The molecule has 0 atom stereocenters. The molecule has 0 bridgehead atoms. The molecule has 6 heteroatoms. The summed E-state index contributed by atoms with van der Waals surface area (Å²) in [5, 5.41) is 12.3. The SMILES string of the molecule is Cc1ccc(COc2ccc(NC(=O)/C(C#N)=C/c3cc(Br)ccc3OC(C)C)cc2)cc1. The minimum absolute atomic E-state index is 0.0265. The zero-order chi connectivity index (χ0) is 23.8. The molecule has 1 N–H and O–H groups in total. The number of nitriles is 1. The lowest BCUT2D eigenvalue weighted by molar-refractivity contribution is -0.112. The van der Waals surface area contributed by atoms with Gasteiger partial charge in [-0.15, -0.1) is 0 Å². The van der Waals surface area contributed by atoms with Crippen LogP contribution < -0.4 is 14.8 Å². The highest BCUT2D eigenvalue weighted by Crippen LogP contribution is 2.27. The van der Waals surface area contributed by atoms with Crippen LogP contribution in [0, 0.1) is 18.3 Å². The Kier molecular flexibility index (Phi) is 8.28. The maximum atomic E-state index is 12.7. The Balaban J connectivity index is 1.67. The zero-order valence-electron chi connectivity index (χ0n) is 18.8. The van der Waals surface area contributed by atoms with Crippen LogP contribution in [0.1, 0.15) is 30.5 Å². The van der Waals surface area contributed by atoms with Crippen molar-refractivity contribution in [3.05, 3.63) is 93.5 Å². The van der Waals surface area contributed by atoms with Gasteiger partial charge in [0.25, 0.3) is 5.91 Å². The number of aryl methyl sites for hydroxylation is 1. The van der Waals surface area contributed by atoms with Crippen LogP contribution in [0.4, 0.5) is 5.69 Å². The predicted molar refractivity (Wildman–Crippen MR) is 134 cm³/mol. The smallest absolute Gasteiger partial charge is 0.266 e. The topological polar surface area (TPSA) is 71.3 Å². The number of carbonyl (C=O) groups is 1. The Morgan fingerprint density at radius 3 is 2.42 bits per heavy atom. The van der Waals surface area contributed by atoms with Crippen LogP contribution in [0.25, 0.3) is 6.08 Å². The van der Waals surface area contributed by atoms with Crippen LogP contribution in [0.15, 0.2) is 76.8 Å². The van der Waals surface area contributed by atoms with E-state index in [0.29, 0.717) is 29.4 Å². The van der Waals surface area contributed by atoms with Gasteiger partial charge in [-0.3, -0.25) is 4.79 Å². The molecule has 0 aliphatic carbocycles. The van der Waals surface area contributed by atoms with E-state index < -0.39 is 5.91 Å². The Morgan fingerprint density at radius 2 is 1.79 bits per heavy atom. The van der Waals surface area contributed by atoms with Crippen molar-refractivity contribution in [1.82, 2.24) is 0 Å². The van der Waals surface area contributed by atoms with Crippen molar-refractivity contribution in [2.45, 2.75) is 33.5 Å². The summed E-state index contributed by atoms with van der Waals surface area (Å²) in [5.41, 5.74) is 3.46. The number of nitrogens with one attached hydrogen (secondary N) is 1. The second kappa shape index (κ2) is 11.3. The Bertz CT molecular complexity index is 1180. The van der Waals surface area contributed by atoms with Crippen LogP contribution in [-0.2, 0) is 11.4 Å². The first-order chi connectivity index (χ1) is 15.8. The average Bonchev–Trinajstić information content (AvgIpc) is 2.79. The van der Waals surface area contributed by atoms with Crippen molar-refractivity contribution >= 4 is 33.6 Å². The first-order valence-corrected chi connectivity index (χ1v) is 11.3. The van der Waals surface area contributed by atoms with E-state index in [1.54, 1.807) is 30.3 Å². The first kappa shape index (κ1) is 24.1. The number of nitrogens with zero attached hydrogens (tertiary/aromatic N) is 1. The standard InChI is InChI=1S/C27H25BrN2O3/c1-18(2)33-26-13-8-23(28)15-21(26)14-22(16-29)27(31)30-24-9-11-25(12-10-24)32-17-20-6-4-19(3)5-7-20/h4-15,18H,17H2,1-3H3,(H,30,31)/b22-14+. The zero-order valence-corrected chi connectivity index (χ0v) is 20.3. The molecule has 0 aliphatic rings. The molecule has 0 saturated heterocycles. The van der Waals surface area contributed by atoms with Crippen molar-refractivity contribution in [2.24, 2.45) is 0 Å². The second-order valence-corrected chi connectivity index (χ2v) is 8.69. The molecular weight excluding hydrogens is 480 g/mol. The Hall–Kier alpha value is -3.56. The lowest BCUT2D eigenvalue weighted by Crippen LogP contribution is -2.13. The number of hydrogen-bond acceptors (Lipinski definition) is 4. The molecule has 5 nitrogen and oxygen atoms in total. The maximum absolute atomic E-state index is 12.7. The second-order valence-electron chi connectivity index (χ2n) is 7.77. The van der Waals surface area contributed by atoms with Gasteiger partial charge in [0.1, 0.15) is 29.7 Å². The van der Waals surface area contributed by atoms with Crippen molar-refractivity contribution in [3.63, 3.8) is 0 Å². The van der Waals surface area contributed by atoms with E-state index in [1.807, 2.05) is 63.2 Å². The fraction of sp³-hybridized carbons (Fsp3) is 0.185. The molecule has 0 unspecified atom stereocenters. The van der Waals surface area contributed by atoms with E-state index in [-0.39, 0.29) is 11.7 Å². The molecule has 0 saturated carbocycles. The Morgan fingerprint density at radius 1 is 1.09 bits per heavy atom. The van der Waals surface area contributed by atoms with Crippen LogP contribution in [-0.4, -0.2) is 12.0 Å². The highest BCUT2D eigenvalue weighted by atomic mass is 79.9. The third kappa shape index (κ3) is 7.23. The summed E-state index contributed by atoms with van der Waals surface area (Å²) in [6, 6.07) is 22.6. The number of hydrogen-bond donors (Lipinski definition) is 1. The van der Waals surface area contributed by atoms with Gasteiger partial charge in [0.15, 0.2) is 0 Å². The highest BCUT2D eigenvalue weighted by molar-refractivity contribution is 9.10. The summed E-state index contributed by atoms with van der Waals surface area (Å²) in [6.45, 7) is 6.34. The average molecular weight is 505 g/mol. The number of rotatable bonds is 8. The summed E-state index contributed by atoms with van der Waals surface area (Å²) in [6.07, 6.45) is 1.49. The fourth-order valence-corrected chi connectivity index (χ4v) is 3.36. The van der Waals surface area contributed by atoms with E-state index >= 15 is 0 Å². The Labute approximate surface area is 202 Å². The van der Waals surface area contributed by atoms with Crippen LogP contribution in [0.5, 0.6) is 11.5 Å². The molecule has 3 rings (SSSR count). The maximum Gasteiger partial charge on any atom is 0.266 e. The van der Waals surface area contributed by atoms with Gasteiger partial charge >= 0.3 is 0 Å². The van der Waals surface area contributed by atoms with E-state index in [2.05, 4.69) is 21.2 Å². The van der Waals surface area contributed by atoms with Crippen molar-refractivity contribution < 1.29 is 14.3 Å². The number of carbonyl (C=O) groups excluding carboxylic acids is 1. The predicted octanol–water partition coefficient (Wildman–Crippen LogP) is 6.67. The first-order valence-electron chi connectivity index (χ1n) is 10.5. The van der Waals surface area contributed by atoms with E-state index in [9.17, 15) is 10.1 Å². The van der Waals surface area contributed by atoms with Crippen LogP contribution in [0.2, 0.25) is 0 Å². The van der Waals surface area contributed by atoms with Crippen molar-refractivity contribution in [3.8, 4) is 17.6 Å². The lowest BCUT2D eigenvalue weighted by atomic mass is 10.1. The minimum Gasteiger partial charge on any atom is -0.490 e. The van der Waals surface area contributed by atoms with E-state index in [0.717, 1.165) is 10.0 Å². The molecule has 3 aromatic carbocycles. The van der Waals surface area contributed by atoms with Gasteiger partial charge in [-0.1, -0.05) is 45.8 Å². The van der Waals surface area contributed by atoms with E-state index in [4.69, 9.17) is 9.47 Å². The lowest BCUT2D eigenvalue weighted by Gasteiger charge is -2.13. The monoisotopic (exact) mass is 504 g/mol. The molecule has 0 spiro atoms. The molecule has 1 amide bonds. The van der Waals surface area contributed by atoms with Crippen molar-refractivity contribution in [2.75, 3.05) is 5.32 Å². The van der Waals surface area contributed by atoms with Crippen molar-refractivity contribution in [1.29, 1.82) is 5.26 Å². The quantitative estimate of drug-likeness (QED) is 0.274. The molecule has 33 heavy (non-hydrogen) atoms. The molecule has 168 valence electrons. The molecule has 0 heterocycles. The van der Waals surface area contributed by atoms with Crippen LogP contribution >= 0.6 is 15.9 Å². The van der Waals surface area contributed by atoms with Gasteiger partial charge < -0.3 is 14.8 Å². The normalized spacial score (nSPS) is 11.1. The van der Waals surface area contributed by atoms with Gasteiger partial charge in [0.2, 0.25) is 0 Å². The molecule has 0 fully saturated rings. The minimum atomic E-state index is -0.499. The summed E-state index contributed by atoms with van der Waals surface area (Å²) >= 11 is 3.42. The third-order valence-electron chi connectivity index (χ3n) is 4.64. The summed E-state index contributed by atoms with van der Waals surface area (Å²) in [7, 11) is 0. The van der Waals surface area contributed by atoms with Gasteiger partial charge in [-0.05, 0) is 74.9 Å². The fourth-order valence-electron chi connectivity index (χ4n) is 2.98. The number of benzene rings is 3. The molecule has 0 radical (unpaired) electrons. The van der Waals surface area contributed by atoms with Gasteiger partial charge in [-0.2, -0.15) is 5.26 Å². The van der Waals surface area contributed by atoms with Gasteiger partial charge in [0, 0.05) is 15.7 Å². The van der Waals surface area contributed by atoms with Gasteiger partial charge in [-0.25, -0.2) is 0 Å². The molecular formula is C27H25BrN2O3. The van der Waals surface area contributed by atoms with E-state index in [1.165, 1.54) is 11.6 Å². The summed E-state index contributed by atoms with van der Waals surface area (Å²) in [4.78, 5) is 12.7. The number of amides is 1. The molecule has 0 aliphatic heterocycles. The third-order valence-corrected chi connectivity index (χ3v) is 5.13. The molecule has 0 aromatic heterocycles. The molecule has 3 aromatic rings. The summed E-state index contributed by atoms with van der Waals surface area (Å²) in [5.74, 6) is 0.791.